The van der Waals surface area contributed by atoms with Gasteiger partial charge in [0.2, 0.25) is 0 Å². The van der Waals surface area contributed by atoms with E-state index in [0.717, 1.165) is 46.4 Å². The minimum atomic E-state index is -0.141. The van der Waals surface area contributed by atoms with Crippen molar-refractivity contribution in [1.29, 1.82) is 0 Å². The number of benzene rings is 3. The summed E-state index contributed by atoms with van der Waals surface area (Å²) >= 11 is 0. The lowest BCUT2D eigenvalue weighted by Gasteiger charge is -2.12. The highest BCUT2D eigenvalue weighted by molar-refractivity contribution is 6.06. The molecule has 0 amide bonds. The normalized spacial score (nSPS) is 11.0. The Labute approximate surface area is 137 Å². The average molecular weight is 306 g/mol. The summed E-state index contributed by atoms with van der Waals surface area (Å²) in [6, 6.07) is 16.5. The summed E-state index contributed by atoms with van der Waals surface area (Å²) in [6.45, 7) is 4.19. The van der Waals surface area contributed by atoms with Crippen molar-refractivity contribution in [2.45, 2.75) is 39.5 Å². The fraction of sp³-hybridized carbons (Fsp3) is 0.286. The maximum Gasteiger partial charge on any atom is 0.311 e. The zero-order valence-electron chi connectivity index (χ0n) is 13.8. The zero-order chi connectivity index (χ0) is 16.2. The van der Waals surface area contributed by atoms with Crippen molar-refractivity contribution in [1.82, 2.24) is 0 Å². The van der Waals surface area contributed by atoms with E-state index >= 15 is 0 Å². The van der Waals surface area contributed by atoms with Gasteiger partial charge in [-0.05, 0) is 36.2 Å². The Hall–Kier alpha value is -2.35. The monoisotopic (exact) mass is 306 g/mol. The summed E-state index contributed by atoms with van der Waals surface area (Å²) in [5, 5.41) is 4.20. The molecular formula is C21H22O2. The molecule has 0 radical (unpaired) electrons. The van der Waals surface area contributed by atoms with E-state index in [4.69, 9.17) is 4.74 Å². The van der Waals surface area contributed by atoms with Gasteiger partial charge in [0.25, 0.3) is 0 Å². The van der Waals surface area contributed by atoms with Gasteiger partial charge in [0.15, 0.2) is 0 Å². The summed E-state index contributed by atoms with van der Waals surface area (Å²) < 4.78 is 5.80. The zero-order valence-corrected chi connectivity index (χ0v) is 13.8. The van der Waals surface area contributed by atoms with Gasteiger partial charge in [-0.1, -0.05) is 61.7 Å². The van der Waals surface area contributed by atoms with Crippen LogP contribution >= 0.6 is 0 Å². The second kappa shape index (κ2) is 6.82. The highest BCUT2D eigenvalue weighted by atomic mass is 16.5. The lowest BCUT2D eigenvalue weighted by atomic mass is 10.0. The Morgan fingerprint density at radius 1 is 0.957 bits per heavy atom. The first-order valence-electron chi connectivity index (χ1n) is 8.32. The lowest BCUT2D eigenvalue weighted by Crippen LogP contribution is -2.08. The number of carbonyl (C=O) groups is 1. The molecule has 23 heavy (non-hydrogen) atoms. The van der Waals surface area contributed by atoms with Gasteiger partial charge < -0.3 is 4.74 Å². The van der Waals surface area contributed by atoms with E-state index in [9.17, 15) is 4.79 Å². The second-order valence-electron chi connectivity index (χ2n) is 6.08. The van der Waals surface area contributed by atoms with Crippen molar-refractivity contribution in [2.75, 3.05) is 0 Å². The molecule has 3 aromatic carbocycles. The molecule has 0 spiro atoms. The number of carbonyl (C=O) groups excluding carboxylic acids is 1. The van der Waals surface area contributed by atoms with Crippen LogP contribution in [0.25, 0.3) is 21.5 Å². The Morgan fingerprint density at radius 3 is 2.57 bits per heavy atom. The molecule has 0 saturated carbocycles. The minimum absolute atomic E-state index is 0.141. The Kier molecular flexibility index (Phi) is 4.61. The van der Waals surface area contributed by atoms with Gasteiger partial charge in [0.05, 0.1) is 0 Å². The van der Waals surface area contributed by atoms with Crippen LogP contribution in [0.15, 0.2) is 48.5 Å². The molecule has 0 bridgehead atoms. The summed E-state index contributed by atoms with van der Waals surface area (Å²) in [6.07, 6.45) is 3.52. The predicted molar refractivity (Wildman–Crippen MR) is 96.0 cm³/mol. The van der Waals surface area contributed by atoms with Crippen molar-refractivity contribution in [3.63, 3.8) is 0 Å². The quantitative estimate of drug-likeness (QED) is 0.258. The maximum atomic E-state index is 12.2. The molecule has 3 rings (SSSR count). The highest BCUT2D eigenvalue weighted by Crippen LogP contribution is 2.35. The standard InChI is InChI=1S/C21H22O2/c1-3-4-5-10-20(22)23-21-18-9-7-6-8-16(18)14-17-12-11-15(2)13-19(17)21/h6-9,11-14H,3-5,10H2,1-2H3. The van der Waals surface area contributed by atoms with Crippen molar-refractivity contribution >= 4 is 27.5 Å². The molecule has 0 aliphatic carbocycles. The molecule has 0 atom stereocenters. The third-order valence-corrected chi connectivity index (χ3v) is 4.17. The number of ether oxygens (including phenoxy) is 1. The third kappa shape index (κ3) is 3.37. The van der Waals surface area contributed by atoms with Crippen molar-refractivity contribution in [2.24, 2.45) is 0 Å². The summed E-state index contributed by atoms with van der Waals surface area (Å²) in [5.41, 5.74) is 1.16. The number of unbranched alkanes of at least 4 members (excludes halogenated alkanes) is 2. The van der Waals surface area contributed by atoms with Crippen LogP contribution in [0.3, 0.4) is 0 Å². The lowest BCUT2D eigenvalue weighted by molar-refractivity contribution is -0.134. The van der Waals surface area contributed by atoms with Gasteiger partial charge in [-0.2, -0.15) is 0 Å². The molecule has 0 N–H and O–H groups in total. The Balaban J connectivity index is 2.07. The number of esters is 1. The second-order valence-corrected chi connectivity index (χ2v) is 6.08. The molecule has 0 heterocycles. The van der Waals surface area contributed by atoms with Crippen LogP contribution in [0.5, 0.6) is 5.75 Å². The number of fused-ring (bicyclic) bond motifs is 2. The van der Waals surface area contributed by atoms with E-state index in [0.29, 0.717) is 12.2 Å². The first-order chi connectivity index (χ1) is 11.2. The molecule has 2 heteroatoms. The van der Waals surface area contributed by atoms with E-state index in [-0.39, 0.29) is 5.97 Å². The Morgan fingerprint density at radius 2 is 1.74 bits per heavy atom. The largest absolute Gasteiger partial charge is 0.425 e. The average Bonchev–Trinajstić information content (AvgIpc) is 2.55. The first-order valence-corrected chi connectivity index (χ1v) is 8.32. The van der Waals surface area contributed by atoms with Gasteiger partial charge in [-0.15, -0.1) is 0 Å². The van der Waals surface area contributed by atoms with E-state index in [1.54, 1.807) is 0 Å². The van der Waals surface area contributed by atoms with Crippen LogP contribution < -0.4 is 4.74 Å². The molecule has 2 nitrogen and oxygen atoms in total. The molecule has 0 saturated heterocycles. The summed E-state index contributed by atoms with van der Waals surface area (Å²) in [7, 11) is 0. The highest BCUT2D eigenvalue weighted by Gasteiger charge is 2.13. The molecule has 0 aliphatic heterocycles. The summed E-state index contributed by atoms with van der Waals surface area (Å²) in [5.74, 6) is 0.556. The molecule has 0 aromatic heterocycles. The van der Waals surface area contributed by atoms with Gasteiger partial charge in [-0.25, -0.2) is 0 Å². The maximum absolute atomic E-state index is 12.2. The van der Waals surface area contributed by atoms with Crippen molar-refractivity contribution in [3.05, 3.63) is 54.1 Å². The number of hydrogen-bond donors (Lipinski definition) is 0. The summed E-state index contributed by atoms with van der Waals surface area (Å²) in [4.78, 5) is 12.2. The Bertz CT molecular complexity index is 849. The van der Waals surface area contributed by atoms with Gasteiger partial charge in [0.1, 0.15) is 5.75 Å². The van der Waals surface area contributed by atoms with Gasteiger partial charge >= 0.3 is 5.97 Å². The number of aryl methyl sites for hydroxylation is 1. The molecule has 0 aliphatic rings. The van der Waals surface area contributed by atoms with Crippen LogP contribution in [0.2, 0.25) is 0 Å². The van der Waals surface area contributed by atoms with Crippen LogP contribution in [0.4, 0.5) is 0 Å². The predicted octanol–water partition coefficient (Wildman–Crippen LogP) is 5.79. The number of hydrogen-bond acceptors (Lipinski definition) is 2. The number of rotatable bonds is 5. The molecule has 0 unspecified atom stereocenters. The van der Waals surface area contributed by atoms with E-state index < -0.39 is 0 Å². The molecule has 118 valence electrons. The van der Waals surface area contributed by atoms with Crippen molar-refractivity contribution in [3.8, 4) is 5.75 Å². The first kappa shape index (κ1) is 15.5. The minimum Gasteiger partial charge on any atom is -0.425 e. The van der Waals surface area contributed by atoms with Gasteiger partial charge in [0, 0.05) is 17.2 Å². The molecule has 3 aromatic rings. The van der Waals surface area contributed by atoms with E-state index in [1.165, 1.54) is 0 Å². The van der Waals surface area contributed by atoms with Crippen molar-refractivity contribution < 1.29 is 9.53 Å². The van der Waals surface area contributed by atoms with Gasteiger partial charge in [-0.3, -0.25) is 4.79 Å². The smallest absolute Gasteiger partial charge is 0.311 e. The third-order valence-electron chi connectivity index (χ3n) is 4.17. The van der Waals surface area contributed by atoms with Crippen LogP contribution in [0.1, 0.15) is 38.2 Å². The molecule has 0 fully saturated rings. The fourth-order valence-electron chi connectivity index (χ4n) is 2.93. The molecular weight excluding hydrogens is 284 g/mol. The van der Waals surface area contributed by atoms with Crippen LogP contribution in [0, 0.1) is 6.92 Å². The van der Waals surface area contributed by atoms with Crippen LogP contribution in [-0.2, 0) is 4.79 Å². The SMILES string of the molecule is CCCCCC(=O)Oc1c2ccccc2cc2ccc(C)cc12. The van der Waals surface area contributed by atoms with E-state index in [2.05, 4.69) is 44.2 Å². The van der Waals surface area contributed by atoms with Crippen LogP contribution in [-0.4, -0.2) is 5.97 Å². The topological polar surface area (TPSA) is 26.3 Å². The van der Waals surface area contributed by atoms with E-state index in [1.807, 2.05) is 18.2 Å². The fourth-order valence-corrected chi connectivity index (χ4v) is 2.93.